The molecular formula is C13H9BrFNO. The molecule has 0 atom stereocenters. The summed E-state index contributed by atoms with van der Waals surface area (Å²) in [5.74, 6) is -0.456. The van der Waals surface area contributed by atoms with Gasteiger partial charge >= 0.3 is 0 Å². The van der Waals surface area contributed by atoms with Crippen molar-refractivity contribution in [3.8, 4) is 0 Å². The second kappa shape index (κ2) is 5.19. The van der Waals surface area contributed by atoms with Crippen LogP contribution in [0.4, 0.5) is 4.39 Å². The minimum atomic E-state index is -0.334. The number of hydrogen-bond acceptors (Lipinski definition) is 2. The number of hydrogen-bond donors (Lipinski definition) is 0. The van der Waals surface area contributed by atoms with Crippen LogP contribution in [0.2, 0.25) is 0 Å². The molecule has 0 unspecified atom stereocenters. The Bertz CT molecular complexity index is 539. The summed E-state index contributed by atoms with van der Waals surface area (Å²) in [6.45, 7) is 0. The van der Waals surface area contributed by atoms with E-state index in [0.717, 1.165) is 4.47 Å². The first-order valence-corrected chi connectivity index (χ1v) is 5.83. The summed E-state index contributed by atoms with van der Waals surface area (Å²) in [5.41, 5.74) is 1.04. The number of pyridine rings is 1. The Balaban J connectivity index is 2.14. The van der Waals surface area contributed by atoms with Gasteiger partial charge in [-0.3, -0.25) is 9.78 Å². The number of benzene rings is 1. The lowest BCUT2D eigenvalue weighted by Gasteiger charge is -2.01. The molecule has 0 fully saturated rings. The van der Waals surface area contributed by atoms with Gasteiger partial charge in [0, 0.05) is 17.1 Å². The van der Waals surface area contributed by atoms with Gasteiger partial charge in [0.25, 0.3) is 0 Å². The standard InChI is InChI=1S/C13H9BrFNO/c14-10-4-5-12(16-8-10)13(17)7-9-2-1-3-11(15)6-9/h1-6,8H,7H2. The molecule has 0 aliphatic carbocycles. The Labute approximate surface area is 107 Å². The maximum Gasteiger partial charge on any atom is 0.185 e. The van der Waals surface area contributed by atoms with Gasteiger partial charge in [-0.05, 0) is 45.8 Å². The van der Waals surface area contributed by atoms with Crippen LogP contribution in [0.25, 0.3) is 0 Å². The van der Waals surface area contributed by atoms with Gasteiger partial charge in [-0.15, -0.1) is 0 Å². The lowest BCUT2D eigenvalue weighted by molar-refractivity contribution is 0.0988. The van der Waals surface area contributed by atoms with Crippen LogP contribution in [0.1, 0.15) is 16.1 Å². The van der Waals surface area contributed by atoms with E-state index in [0.29, 0.717) is 11.3 Å². The number of carbonyl (C=O) groups is 1. The largest absolute Gasteiger partial charge is 0.292 e. The molecule has 0 saturated carbocycles. The van der Waals surface area contributed by atoms with Gasteiger partial charge in [-0.25, -0.2) is 4.39 Å². The maximum absolute atomic E-state index is 12.9. The molecule has 0 amide bonds. The van der Waals surface area contributed by atoms with E-state index in [1.807, 2.05) is 0 Å². The van der Waals surface area contributed by atoms with Crippen LogP contribution < -0.4 is 0 Å². The Morgan fingerprint density at radius 2 is 2.12 bits per heavy atom. The van der Waals surface area contributed by atoms with Crippen LogP contribution in [-0.4, -0.2) is 10.8 Å². The highest BCUT2D eigenvalue weighted by Crippen LogP contribution is 2.11. The monoisotopic (exact) mass is 293 g/mol. The van der Waals surface area contributed by atoms with Gasteiger partial charge in [-0.1, -0.05) is 12.1 Å². The average molecular weight is 294 g/mol. The highest BCUT2D eigenvalue weighted by molar-refractivity contribution is 9.10. The molecule has 2 rings (SSSR count). The summed E-state index contributed by atoms with van der Waals surface area (Å²) in [7, 11) is 0. The van der Waals surface area contributed by atoms with Crippen molar-refractivity contribution in [2.45, 2.75) is 6.42 Å². The van der Waals surface area contributed by atoms with Gasteiger partial charge in [0.05, 0.1) is 0 Å². The highest BCUT2D eigenvalue weighted by Gasteiger charge is 2.08. The SMILES string of the molecule is O=C(Cc1cccc(F)c1)c1ccc(Br)cn1. The molecule has 0 aliphatic rings. The van der Waals surface area contributed by atoms with E-state index in [-0.39, 0.29) is 18.0 Å². The zero-order valence-electron chi connectivity index (χ0n) is 8.86. The predicted octanol–water partition coefficient (Wildman–Crippen LogP) is 3.41. The van der Waals surface area contributed by atoms with E-state index in [9.17, 15) is 9.18 Å². The molecule has 0 saturated heterocycles. The van der Waals surface area contributed by atoms with Crippen LogP contribution in [0, 0.1) is 5.82 Å². The van der Waals surface area contributed by atoms with Crippen molar-refractivity contribution in [2.75, 3.05) is 0 Å². The number of Topliss-reactive ketones (excluding diaryl/α,β-unsaturated/α-hetero) is 1. The zero-order valence-corrected chi connectivity index (χ0v) is 10.4. The summed E-state index contributed by atoms with van der Waals surface area (Å²) >= 11 is 3.25. The molecule has 4 heteroatoms. The second-order valence-corrected chi connectivity index (χ2v) is 4.51. The van der Waals surface area contributed by atoms with E-state index in [2.05, 4.69) is 20.9 Å². The molecule has 1 heterocycles. The number of aromatic nitrogens is 1. The molecule has 0 spiro atoms. The van der Waals surface area contributed by atoms with Gasteiger partial charge < -0.3 is 0 Å². The van der Waals surface area contributed by atoms with Crippen LogP contribution in [0.3, 0.4) is 0 Å². The van der Waals surface area contributed by atoms with Crippen LogP contribution in [0.5, 0.6) is 0 Å². The number of nitrogens with zero attached hydrogens (tertiary/aromatic N) is 1. The number of ketones is 1. The smallest absolute Gasteiger partial charge is 0.185 e. The first-order chi connectivity index (χ1) is 8.15. The minimum Gasteiger partial charge on any atom is -0.292 e. The third-order valence-electron chi connectivity index (χ3n) is 2.27. The molecule has 0 radical (unpaired) electrons. The van der Waals surface area contributed by atoms with Crippen molar-refractivity contribution in [3.05, 3.63) is 64.1 Å². The van der Waals surface area contributed by atoms with E-state index in [1.54, 1.807) is 30.5 Å². The fourth-order valence-electron chi connectivity index (χ4n) is 1.46. The van der Waals surface area contributed by atoms with Gasteiger partial charge in [0.1, 0.15) is 11.5 Å². The zero-order chi connectivity index (χ0) is 12.3. The molecule has 2 nitrogen and oxygen atoms in total. The third-order valence-corrected chi connectivity index (χ3v) is 2.74. The van der Waals surface area contributed by atoms with Crippen molar-refractivity contribution in [1.82, 2.24) is 4.98 Å². The molecule has 86 valence electrons. The molecule has 2 aromatic rings. The Hall–Kier alpha value is -1.55. The van der Waals surface area contributed by atoms with Gasteiger partial charge in [0.2, 0.25) is 0 Å². The fourth-order valence-corrected chi connectivity index (χ4v) is 1.70. The second-order valence-electron chi connectivity index (χ2n) is 3.59. The Morgan fingerprint density at radius 1 is 1.29 bits per heavy atom. The molecular weight excluding hydrogens is 285 g/mol. The van der Waals surface area contributed by atoms with Gasteiger partial charge in [-0.2, -0.15) is 0 Å². The van der Waals surface area contributed by atoms with Crippen molar-refractivity contribution in [2.24, 2.45) is 0 Å². The van der Waals surface area contributed by atoms with Crippen molar-refractivity contribution >= 4 is 21.7 Å². The van der Waals surface area contributed by atoms with E-state index in [4.69, 9.17) is 0 Å². The first-order valence-electron chi connectivity index (χ1n) is 5.04. The summed E-state index contributed by atoms with van der Waals surface area (Å²) in [4.78, 5) is 15.8. The van der Waals surface area contributed by atoms with Crippen molar-refractivity contribution in [3.63, 3.8) is 0 Å². The van der Waals surface area contributed by atoms with Crippen molar-refractivity contribution in [1.29, 1.82) is 0 Å². The Kier molecular flexibility index (Phi) is 3.64. The number of halogens is 2. The average Bonchev–Trinajstić information content (AvgIpc) is 2.29. The summed E-state index contributed by atoms with van der Waals surface area (Å²) < 4.78 is 13.8. The highest BCUT2D eigenvalue weighted by atomic mass is 79.9. The quantitative estimate of drug-likeness (QED) is 0.812. The summed E-state index contributed by atoms with van der Waals surface area (Å²) in [5, 5.41) is 0. The first kappa shape index (κ1) is 11.9. The van der Waals surface area contributed by atoms with Gasteiger partial charge in [0.15, 0.2) is 5.78 Å². The predicted molar refractivity (Wildman–Crippen MR) is 66.4 cm³/mol. The van der Waals surface area contributed by atoms with Crippen LogP contribution in [-0.2, 0) is 6.42 Å². The number of rotatable bonds is 3. The molecule has 1 aromatic carbocycles. The van der Waals surface area contributed by atoms with E-state index < -0.39 is 0 Å². The van der Waals surface area contributed by atoms with Crippen molar-refractivity contribution < 1.29 is 9.18 Å². The maximum atomic E-state index is 12.9. The molecule has 0 aliphatic heterocycles. The third kappa shape index (κ3) is 3.20. The topological polar surface area (TPSA) is 30.0 Å². The van der Waals surface area contributed by atoms with Crippen LogP contribution in [0.15, 0.2) is 47.1 Å². The summed E-state index contributed by atoms with van der Waals surface area (Å²) in [6, 6.07) is 9.42. The minimum absolute atomic E-state index is 0.122. The summed E-state index contributed by atoms with van der Waals surface area (Å²) in [6.07, 6.45) is 1.73. The lowest BCUT2D eigenvalue weighted by atomic mass is 10.1. The molecule has 0 bridgehead atoms. The number of carbonyl (C=O) groups excluding carboxylic acids is 1. The normalized spacial score (nSPS) is 10.2. The fraction of sp³-hybridized carbons (Fsp3) is 0.0769. The van der Waals surface area contributed by atoms with E-state index in [1.165, 1.54) is 12.1 Å². The molecule has 1 aromatic heterocycles. The van der Waals surface area contributed by atoms with Crippen LogP contribution >= 0.6 is 15.9 Å². The lowest BCUT2D eigenvalue weighted by Crippen LogP contribution is -2.05. The Morgan fingerprint density at radius 3 is 2.76 bits per heavy atom. The molecule has 17 heavy (non-hydrogen) atoms. The van der Waals surface area contributed by atoms with E-state index >= 15 is 0 Å². The molecule has 0 N–H and O–H groups in total.